The standard InChI is InChI=1S/C22H23NO6S2/c1-15-5-9-20(10-6-15)30(24,25)23-22-16(2)13-19(14-17(22)3)29-31(26,27)21-11-7-18(28-4)8-12-21/h5-14,23H,1-4H3. The van der Waals surface area contributed by atoms with E-state index in [1.165, 1.54) is 55.6 Å². The number of methoxy groups -OCH3 is 1. The smallest absolute Gasteiger partial charge is 0.339 e. The SMILES string of the molecule is COc1ccc(S(=O)(=O)Oc2cc(C)c(NS(=O)(=O)c3ccc(C)cc3)c(C)c2)cc1. The second kappa shape index (κ2) is 8.60. The van der Waals surface area contributed by atoms with Crippen LogP contribution in [-0.2, 0) is 20.1 Å². The third-order valence-corrected chi connectivity index (χ3v) is 7.25. The molecule has 0 atom stereocenters. The molecule has 0 unspecified atom stereocenters. The summed E-state index contributed by atoms with van der Waals surface area (Å²) in [5, 5.41) is 0. The van der Waals surface area contributed by atoms with Crippen LogP contribution in [0.25, 0.3) is 0 Å². The van der Waals surface area contributed by atoms with E-state index < -0.39 is 20.1 Å². The highest BCUT2D eigenvalue weighted by Crippen LogP contribution is 2.30. The first kappa shape index (κ1) is 22.6. The Morgan fingerprint density at radius 1 is 0.710 bits per heavy atom. The second-order valence-electron chi connectivity index (χ2n) is 7.06. The van der Waals surface area contributed by atoms with Gasteiger partial charge >= 0.3 is 10.1 Å². The highest BCUT2D eigenvalue weighted by Gasteiger charge is 2.20. The summed E-state index contributed by atoms with van der Waals surface area (Å²) in [4.78, 5) is 0.118. The van der Waals surface area contributed by atoms with Crippen LogP contribution in [0.4, 0.5) is 5.69 Å². The van der Waals surface area contributed by atoms with Crippen LogP contribution < -0.4 is 13.6 Å². The van der Waals surface area contributed by atoms with Gasteiger partial charge < -0.3 is 8.92 Å². The largest absolute Gasteiger partial charge is 0.497 e. The first-order valence-corrected chi connectivity index (χ1v) is 12.2. The van der Waals surface area contributed by atoms with Gasteiger partial charge in [-0.05, 0) is 80.4 Å². The van der Waals surface area contributed by atoms with Gasteiger partial charge in [0.2, 0.25) is 0 Å². The Hall–Kier alpha value is -3.04. The topological polar surface area (TPSA) is 98.8 Å². The van der Waals surface area contributed by atoms with Crippen LogP contribution in [0.2, 0.25) is 0 Å². The van der Waals surface area contributed by atoms with Crippen molar-refractivity contribution in [3.8, 4) is 11.5 Å². The van der Waals surface area contributed by atoms with Crippen LogP contribution in [0, 0.1) is 20.8 Å². The molecule has 31 heavy (non-hydrogen) atoms. The average molecular weight is 462 g/mol. The van der Waals surface area contributed by atoms with Gasteiger partial charge in [-0.3, -0.25) is 4.72 Å². The van der Waals surface area contributed by atoms with Crippen molar-refractivity contribution in [2.24, 2.45) is 0 Å². The molecule has 0 saturated carbocycles. The highest BCUT2D eigenvalue weighted by molar-refractivity contribution is 7.92. The molecule has 3 aromatic carbocycles. The van der Waals surface area contributed by atoms with Gasteiger partial charge in [-0.1, -0.05) is 17.7 Å². The zero-order chi connectivity index (χ0) is 22.8. The van der Waals surface area contributed by atoms with E-state index >= 15 is 0 Å². The molecule has 164 valence electrons. The van der Waals surface area contributed by atoms with Gasteiger partial charge in [-0.15, -0.1) is 0 Å². The fraction of sp³-hybridized carbons (Fsp3) is 0.182. The minimum atomic E-state index is -4.06. The Morgan fingerprint density at radius 3 is 1.74 bits per heavy atom. The molecule has 1 N–H and O–H groups in total. The molecular formula is C22H23NO6S2. The lowest BCUT2D eigenvalue weighted by atomic mass is 10.1. The van der Waals surface area contributed by atoms with Crippen LogP contribution in [0.1, 0.15) is 16.7 Å². The monoisotopic (exact) mass is 461 g/mol. The van der Waals surface area contributed by atoms with Gasteiger partial charge in [0.1, 0.15) is 16.4 Å². The molecular weight excluding hydrogens is 438 g/mol. The van der Waals surface area contributed by atoms with E-state index in [0.717, 1.165) is 5.56 Å². The van der Waals surface area contributed by atoms with Gasteiger partial charge in [0.15, 0.2) is 0 Å². The summed E-state index contributed by atoms with van der Waals surface area (Å²) in [5.74, 6) is 0.611. The van der Waals surface area contributed by atoms with E-state index in [4.69, 9.17) is 8.92 Å². The highest BCUT2D eigenvalue weighted by atomic mass is 32.2. The molecule has 0 amide bonds. The van der Waals surface area contributed by atoms with Crippen molar-refractivity contribution in [1.29, 1.82) is 0 Å². The van der Waals surface area contributed by atoms with Crippen molar-refractivity contribution in [3.05, 3.63) is 77.4 Å². The van der Waals surface area contributed by atoms with Gasteiger partial charge in [-0.25, -0.2) is 8.42 Å². The van der Waals surface area contributed by atoms with E-state index in [2.05, 4.69) is 4.72 Å². The molecule has 9 heteroatoms. The number of hydrogen-bond donors (Lipinski definition) is 1. The minimum Gasteiger partial charge on any atom is -0.497 e. The molecule has 0 radical (unpaired) electrons. The Labute approximate surface area is 182 Å². The van der Waals surface area contributed by atoms with E-state index in [1.54, 1.807) is 26.0 Å². The summed E-state index contributed by atoms with van der Waals surface area (Å²) in [6, 6.07) is 15.3. The maximum absolute atomic E-state index is 12.7. The average Bonchev–Trinajstić information content (AvgIpc) is 2.71. The van der Waals surface area contributed by atoms with Gasteiger partial charge in [0.25, 0.3) is 10.0 Å². The maximum Gasteiger partial charge on any atom is 0.339 e. The fourth-order valence-corrected chi connectivity index (χ4v) is 5.08. The summed E-state index contributed by atoms with van der Waals surface area (Å²) in [6.07, 6.45) is 0. The van der Waals surface area contributed by atoms with Crippen LogP contribution in [0.3, 0.4) is 0 Å². The van der Waals surface area contributed by atoms with Crippen molar-refractivity contribution in [1.82, 2.24) is 0 Å². The molecule has 0 spiro atoms. The molecule has 3 rings (SSSR count). The van der Waals surface area contributed by atoms with Crippen molar-refractivity contribution < 1.29 is 25.8 Å². The van der Waals surface area contributed by atoms with E-state index in [0.29, 0.717) is 22.6 Å². The Kier molecular flexibility index (Phi) is 6.28. The third kappa shape index (κ3) is 5.18. The summed E-state index contributed by atoms with van der Waals surface area (Å²) in [7, 11) is -6.37. The molecule has 0 heterocycles. The lowest BCUT2D eigenvalue weighted by Gasteiger charge is -2.16. The van der Waals surface area contributed by atoms with Crippen LogP contribution in [0.15, 0.2) is 70.5 Å². The van der Waals surface area contributed by atoms with E-state index in [9.17, 15) is 16.8 Å². The van der Waals surface area contributed by atoms with Gasteiger partial charge in [0, 0.05) is 0 Å². The normalized spacial score (nSPS) is 11.7. The lowest BCUT2D eigenvalue weighted by Crippen LogP contribution is -2.15. The first-order valence-electron chi connectivity index (χ1n) is 9.31. The van der Waals surface area contributed by atoms with Gasteiger partial charge in [-0.2, -0.15) is 8.42 Å². The summed E-state index contributed by atoms with van der Waals surface area (Å²) in [5.41, 5.74) is 2.37. The molecule has 0 aliphatic rings. The van der Waals surface area contributed by atoms with Crippen molar-refractivity contribution in [3.63, 3.8) is 0 Å². The number of nitrogens with one attached hydrogen (secondary N) is 1. The summed E-state index contributed by atoms with van der Waals surface area (Å²) < 4.78 is 63.5. The van der Waals surface area contributed by atoms with Crippen molar-refractivity contribution in [2.45, 2.75) is 30.6 Å². The second-order valence-corrected chi connectivity index (χ2v) is 10.3. The maximum atomic E-state index is 12.7. The van der Waals surface area contributed by atoms with E-state index in [1.807, 2.05) is 6.92 Å². The summed E-state index contributed by atoms with van der Waals surface area (Å²) >= 11 is 0. The predicted molar refractivity (Wildman–Crippen MR) is 119 cm³/mol. The molecule has 3 aromatic rings. The Bertz CT molecular complexity index is 1270. The number of sulfonamides is 1. The van der Waals surface area contributed by atoms with E-state index in [-0.39, 0.29) is 15.5 Å². The zero-order valence-corrected chi connectivity index (χ0v) is 19.2. The molecule has 7 nitrogen and oxygen atoms in total. The number of hydrogen-bond acceptors (Lipinski definition) is 6. The summed E-state index contributed by atoms with van der Waals surface area (Å²) in [6.45, 7) is 5.22. The molecule has 0 saturated heterocycles. The number of rotatable bonds is 7. The minimum absolute atomic E-state index is 0.0206. The number of aryl methyl sites for hydroxylation is 3. The first-order chi connectivity index (χ1) is 14.5. The number of ether oxygens (including phenoxy) is 1. The molecule has 0 bridgehead atoms. The zero-order valence-electron chi connectivity index (χ0n) is 17.5. The quantitative estimate of drug-likeness (QED) is 0.530. The molecule has 0 fully saturated rings. The van der Waals surface area contributed by atoms with Crippen molar-refractivity contribution in [2.75, 3.05) is 11.8 Å². The Balaban J connectivity index is 1.87. The fourth-order valence-electron chi connectivity index (χ4n) is 2.96. The molecule has 0 aliphatic carbocycles. The Morgan fingerprint density at radius 2 is 1.23 bits per heavy atom. The predicted octanol–water partition coefficient (Wildman–Crippen LogP) is 4.19. The number of benzene rings is 3. The van der Waals surface area contributed by atoms with Crippen LogP contribution in [-0.4, -0.2) is 23.9 Å². The van der Waals surface area contributed by atoms with Gasteiger partial charge in [0.05, 0.1) is 17.7 Å². The molecule has 0 aromatic heterocycles. The third-order valence-electron chi connectivity index (χ3n) is 4.63. The van der Waals surface area contributed by atoms with Crippen LogP contribution >= 0.6 is 0 Å². The number of anilines is 1. The van der Waals surface area contributed by atoms with Crippen LogP contribution in [0.5, 0.6) is 11.5 Å². The lowest BCUT2D eigenvalue weighted by molar-refractivity contribution is 0.414. The van der Waals surface area contributed by atoms with Crippen molar-refractivity contribution >= 4 is 25.8 Å². The molecule has 0 aliphatic heterocycles.